The predicted octanol–water partition coefficient (Wildman–Crippen LogP) is 3.40. The second kappa shape index (κ2) is 10.3. The van der Waals surface area contributed by atoms with E-state index in [1.54, 1.807) is 0 Å². The van der Waals surface area contributed by atoms with Crippen LogP contribution in [0.3, 0.4) is 0 Å². The van der Waals surface area contributed by atoms with Gasteiger partial charge in [0.1, 0.15) is 12.1 Å². The molecular weight excluding hydrogens is 436 g/mol. The molecule has 0 heterocycles. The van der Waals surface area contributed by atoms with Crippen LogP contribution < -0.4 is 5.32 Å². The van der Waals surface area contributed by atoms with Crippen LogP contribution in [0.25, 0.3) is 11.1 Å². The molecule has 1 saturated carbocycles. The predicted molar refractivity (Wildman–Crippen MR) is 125 cm³/mol. The molecule has 8 heteroatoms. The van der Waals surface area contributed by atoms with E-state index in [0.717, 1.165) is 17.5 Å². The van der Waals surface area contributed by atoms with Gasteiger partial charge in [-0.1, -0.05) is 48.5 Å². The van der Waals surface area contributed by atoms with Crippen molar-refractivity contribution in [1.82, 2.24) is 10.2 Å². The summed E-state index contributed by atoms with van der Waals surface area (Å²) in [7, 11) is 1.54. The largest absolute Gasteiger partial charge is 0.479 e. The van der Waals surface area contributed by atoms with Crippen LogP contribution in [0.2, 0.25) is 0 Å². The Bertz CT molecular complexity index is 1020. The Hall–Kier alpha value is -3.39. The highest BCUT2D eigenvalue weighted by molar-refractivity contribution is 5.87. The molecule has 34 heavy (non-hydrogen) atoms. The van der Waals surface area contributed by atoms with E-state index >= 15 is 0 Å². The summed E-state index contributed by atoms with van der Waals surface area (Å²) in [5.74, 6) is -1.21. The summed E-state index contributed by atoms with van der Waals surface area (Å²) in [6.45, 7) is 0.878. The van der Waals surface area contributed by atoms with Crippen LogP contribution in [0.4, 0.5) is 4.79 Å². The quantitative estimate of drug-likeness (QED) is 0.520. The molecule has 8 nitrogen and oxygen atoms in total. The molecule has 2 N–H and O–H groups in total. The first kappa shape index (κ1) is 23.8. The second-order valence-electron chi connectivity index (χ2n) is 8.76. The number of aliphatic carboxylic acids is 1. The minimum absolute atomic E-state index is 0.00200. The van der Waals surface area contributed by atoms with Crippen molar-refractivity contribution in [2.75, 3.05) is 33.4 Å². The standard InChI is InChI=1S/C26H30N2O6/c1-28(26(24(30)31)12-6-13-26)23(29)11-15-33-16-14-27-25(32)34-17-22-20-9-4-2-7-18(20)19-8-3-5-10-21(19)22/h2-5,7-10,22H,6,11-17H2,1H3,(H,27,32)(H,30,31). The molecule has 0 aromatic heterocycles. The van der Waals surface area contributed by atoms with E-state index in [9.17, 15) is 19.5 Å². The first-order valence-electron chi connectivity index (χ1n) is 11.6. The number of alkyl carbamates (subject to hydrolysis) is 1. The number of carbonyl (C=O) groups is 3. The van der Waals surface area contributed by atoms with E-state index in [-0.39, 0.29) is 44.6 Å². The number of amides is 2. The summed E-state index contributed by atoms with van der Waals surface area (Å²) in [5.41, 5.74) is 3.59. The number of carboxylic acids is 1. The van der Waals surface area contributed by atoms with E-state index in [2.05, 4.69) is 29.6 Å². The van der Waals surface area contributed by atoms with Crippen molar-refractivity contribution in [3.63, 3.8) is 0 Å². The fourth-order valence-electron chi connectivity index (χ4n) is 4.75. The number of rotatable bonds is 10. The average Bonchev–Trinajstić information content (AvgIpc) is 3.12. The number of hydrogen-bond donors (Lipinski definition) is 2. The van der Waals surface area contributed by atoms with Crippen molar-refractivity contribution < 1.29 is 29.0 Å². The zero-order valence-corrected chi connectivity index (χ0v) is 19.3. The SMILES string of the molecule is CN(C(=O)CCOCCNC(=O)OCC1c2ccccc2-c2ccccc21)C1(C(=O)O)CCC1. The summed E-state index contributed by atoms with van der Waals surface area (Å²) >= 11 is 0. The molecule has 0 radical (unpaired) electrons. The minimum Gasteiger partial charge on any atom is -0.479 e. The van der Waals surface area contributed by atoms with E-state index in [1.807, 2.05) is 24.3 Å². The molecule has 0 saturated heterocycles. The summed E-state index contributed by atoms with van der Waals surface area (Å²) in [4.78, 5) is 37.3. The molecule has 0 spiro atoms. The maximum atomic E-state index is 12.3. The number of carboxylic acid groups (broad SMARTS) is 1. The van der Waals surface area contributed by atoms with E-state index in [0.29, 0.717) is 12.8 Å². The Morgan fingerprint density at radius 3 is 2.21 bits per heavy atom. The average molecular weight is 467 g/mol. The molecule has 0 atom stereocenters. The van der Waals surface area contributed by atoms with Gasteiger partial charge < -0.3 is 24.8 Å². The summed E-state index contributed by atoms with van der Waals surface area (Å²) in [6, 6.07) is 16.3. The minimum atomic E-state index is -1.07. The van der Waals surface area contributed by atoms with Gasteiger partial charge in [-0.3, -0.25) is 4.79 Å². The molecule has 2 aromatic carbocycles. The lowest BCUT2D eigenvalue weighted by molar-refractivity contribution is -0.164. The topological polar surface area (TPSA) is 105 Å². The van der Waals surface area contributed by atoms with Crippen LogP contribution in [-0.4, -0.2) is 66.9 Å². The zero-order valence-electron chi connectivity index (χ0n) is 19.3. The van der Waals surface area contributed by atoms with Crippen LogP contribution in [0.15, 0.2) is 48.5 Å². The van der Waals surface area contributed by atoms with Crippen LogP contribution in [0, 0.1) is 0 Å². The monoisotopic (exact) mass is 466 g/mol. The van der Waals surface area contributed by atoms with E-state index in [1.165, 1.54) is 23.1 Å². The lowest BCUT2D eigenvalue weighted by Crippen LogP contribution is -2.59. The van der Waals surface area contributed by atoms with Gasteiger partial charge in [0.15, 0.2) is 0 Å². The van der Waals surface area contributed by atoms with Crippen molar-refractivity contribution in [3.8, 4) is 11.1 Å². The molecule has 180 valence electrons. The van der Waals surface area contributed by atoms with Crippen molar-refractivity contribution in [3.05, 3.63) is 59.7 Å². The summed E-state index contributed by atoms with van der Waals surface area (Å²) in [6.07, 6.45) is 1.35. The number of fused-ring (bicyclic) bond motifs is 3. The maximum Gasteiger partial charge on any atom is 0.407 e. The molecule has 0 unspecified atom stereocenters. The number of likely N-dealkylation sites (N-methyl/N-ethyl adjacent to an activating group) is 1. The highest BCUT2D eigenvalue weighted by Crippen LogP contribution is 2.44. The Morgan fingerprint density at radius 2 is 1.65 bits per heavy atom. The van der Waals surface area contributed by atoms with E-state index in [4.69, 9.17) is 9.47 Å². The third-order valence-corrected chi connectivity index (χ3v) is 6.91. The number of hydrogen-bond acceptors (Lipinski definition) is 5. The third-order valence-electron chi connectivity index (χ3n) is 6.91. The van der Waals surface area contributed by atoms with Gasteiger partial charge in [-0.25, -0.2) is 9.59 Å². The van der Waals surface area contributed by atoms with Gasteiger partial charge in [0.2, 0.25) is 5.91 Å². The fourth-order valence-corrected chi connectivity index (χ4v) is 4.75. The van der Waals surface area contributed by atoms with Gasteiger partial charge >= 0.3 is 12.1 Å². The Kier molecular flexibility index (Phi) is 7.17. The summed E-state index contributed by atoms with van der Waals surface area (Å²) < 4.78 is 10.9. The molecule has 4 rings (SSSR count). The number of nitrogens with one attached hydrogen (secondary N) is 1. The lowest BCUT2D eigenvalue weighted by Gasteiger charge is -2.44. The highest BCUT2D eigenvalue weighted by atomic mass is 16.5. The smallest absolute Gasteiger partial charge is 0.407 e. The van der Waals surface area contributed by atoms with Gasteiger partial charge in [0, 0.05) is 19.5 Å². The van der Waals surface area contributed by atoms with Crippen LogP contribution in [0.5, 0.6) is 0 Å². The number of carbonyl (C=O) groups excluding carboxylic acids is 2. The fraction of sp³-hybridized carbons (Fsp3) is 0.423. The van der Waals surface area contributed by atoms with Gasteiger partial charge in [-0.05, 0) is 41.5 Å². The molecule has 2 aliphatic rings. The third kappa shape index (κ3) is 4.63. The maximum absolute atomic E-state index is 12.3. The van der Waals surface area contributed by atoms with E-state index < -0.39 is 17.6 Å². The molecule has 0 aliphatic heterocycles. The van der Waals surface area contributed by atoms with Crippen LogP contribution >= 0.6 is 0 Å². The van der Waals surface area contributed by atoms with Crippen molar-refractivity contribution >= 4 is 18.0 Å². The molecular formula is C26H30N2O6. The van der Waals surface area contributed by atoms with Crippen LogP contribution in [-0.2, 0) is 19.1 Å². The molecule has 0 bridgehead atoms. The second-order valence-corrected chi connectivity index (χ2v) is 8.76. The highest BCUT2D eigenvalue weighted by Gasteiger charge is 2.49. The molecule has 2 aliphatic carbocycles. The molecule has 2 amide bonds. The Balaban J connectivity index is 1.15. The van der Waals surface area contributed by atoms with Gasteiger partial charge in [-0.2, -0.15) is 0 Å². The van der Waals surface area contributed by atoms with Gasteiger partial charge in [0.25, 0.3) is 0 Å². The van der Waals surface area contributed by atoms with Crippen molar-refractivity contribution in [2.24, 2.45) is 0 Å². The van der Waals surface area contributed by atoms with Crippen molar-refractivity contribution in [1.29, 1.82) is 0 Å². The van der Waals surface area contributed by atoms with Crippen LogP contribution in [0.1, 0.15) is 42.7 Å². The number of nitrogens with zero attached hydrogens (tertiary/aromatic N) is 1. The molecule has 1 fully saturated rings. The van der Waals surface area contributed by atoms with Gasteiger partial charge in [0.05, 0.1) is 19.6 Å². The normalized spacial score (nSPS) is 15.6. The first-order valence-corrected chi connectivity index (χ1v) is 11.6. The number of benzene rings is 2. The summed E-state index contributed by atoms with van der Waals surface area (Å²) in [5, 5.41) is 12.1. The Labute approximate surface area is 198 Å². The Morgan fingerprint density at radius 1 is 1.03 bits per heavy atom. The molecule has 2 aromatic rings. The van der Waals surface area contributed by atoms with Crippen molar-refractivity contribution in [2.45, 2.75) is 37.1 Å². The lowest BCUT2D eigenvalue weighted by atomic mass is 9.75. The number of ether oxygens (including phenoxy) is 2. The zero-order chi connectivity index (χ0) is 24.1. The first-order chi connectivity index (χ1) is 16.4. The van der Waals surface area contributed by atoms with Gasteiger partial charge in [-0.15, -0.1) is 0 Å².